The molecule has 0 amide bonds. The predicted molar refractivity (Wildman–Crippen MR) is 72.4 cm³/mol. The summed E-state index contributed by atoms with van der Waals surface area (Å²) in [6, 6.07) is 7.93. The van der Waals surface area contributed by atoms with E-state index in [0.717, 1.165) is 22.9 Å². The molecule has 0 aliphatic carbocycles. The smallest absolute Gasteiger partial charge is 0.0868 e. The van der Waals surface area contributed by atoms with Crippen molar-refractivity contribution in [3.63, 3.8) is 0 Å². The van der Waals surface area contributed by atoms with E-state index in [9.17, 15) is 5.11 Å². The molecule has 0 aliphatic heterocycles. The summed E-state index contributed by atoms with van der Waals surface area (Å²) in [4.78, 5) is 0. The third kappa shape index (κ3) is 4.26. The van der Waals surface area contributed by atoms with Crippen LogP contribution in [-0.4, -0.2) is 5.11 Å². The highest BCUT2D eigenvalue weighted by molar-refractivity contribution is 9.10. The summed E-state index contributed by atoms with van der Waals surface area (Å²) >= 11 is 3.43. The van der Waals surface area contributed by atoms with Crippen LogP contribution in [0, 0.1) is 5.92 Å². The van der Waals surface area contributed by atoms with Gasteiger partial charge in [-0.1, -0.05) is 48.3 Å². The first-order valence-electron chi connectivity index (χ1n) is 5.90. The van der Waals surface area contributed by atoms with Gasteiger partial charge in [-0.2, -0.15) is 0 Å². The molecule has 1 N–H and O–H groups in total. The number of rotatable bonds is 5. The number of hydrogen-bond acceptors (Lipinski definition) is 1. The zero-order chi connectivity index (χ0) is 12.2. The molecular weight excluding hydrogens is 264 g/mol. The molecule has 90 valence electrons. The first kappa shape index (κ1) is 13.7. The Morgan fingerprint density at radius 2 is 2.06 bits per heavy atom. The summed E-state index contributed by atoms with van der Waals surface area (Å²) in [7, 11) is 0. The maximum Gasteiger partial charge on any atom is 0.0868 e. The van der Waals surface area contributed by atoms with E-state index in [-0.39, 0.29) is 0 Å². The summed E-state index contributed by atoms with van der Waals surface area (Å²) in [6.45, 7) is 6.33. The third-order valence-corrected chi connectivity index (χ3v) is 3.38. The van der Waals surface area contributed by atoms with Gasteiger partial charge in [0.25, 0.3) is 0 Å². The highest BCUT2D eigenvalue weighted by Gasteiger charge is 2.22. The summed E-state index contributed by atoms with van der Waals surface area (Å²) in [5.41, 5.74) is 0.282. The highest BCUT2D eigenvalue weighted by Crippen LogP contribution is 2.29. The van der Waals surface area contributed by atoms with Crippen LogP contribution in [0.1, 0.15) is 45.6 Å². The largest absolute Gasteiger partial charge is 0.385 e. The maximum atomic E-state index is 10.4. The van der Waals surface area contributed by atoms with Gasteiger partial charge in [0.1, 0.15) is 0 Å². The molecule has 0 aliphatic rings. The standard InChI is InChI=1S/C14H21BrO/c1-11(2)6-5-9-14(3,16)12-7-4-8-13(15)10-12/h4,7-8,10-11,16H,5-6,9H2,1-3H3. The van der Waals surface area contributed by atoms with Crippen molar-refractivity contribution in [3.05, 3.63) is 34.3 Å². The molecule has 1 atom stereocenters. The van der Waals surface area contributed by atoms with Crippen molar-refractivity contribution in [1.82, 2.24) is 0 Å². The lowest BCUT2D eigenvalue weighted by Gasteiger charge is -2.24. The average Bonchev–Trinajstić information content (AvgIpc) is 2.16. The molecule has 1 aromatic rings. The summed E-state index contributed by atoms with van der Waals surface area (Å²) < 4.78 is 1.02. The lowest BCUT2D eigenvalue weighted by Crippen LogP contribution is -2.21. The van der Waals surface area contributed by atoms with Gasteiger partial charge in [-0.15, -0.1) is 0 Å². The van der Waals surface area contributed by atoms with Crippen molar-refractivity contribution in [2.45, 2.75) is 45.6 Å². The highest BCUT2D eigenvalue weighted by atomic mass is 79.9. The van der Waals surface area contributed by atoms with Crippen LogP contribution < -0.4 is 0 Å². The molecule has 0 radical (unpaired) electrons. The van der Waals surface area contributed by atoms with Crippen LogP contribution >= 0.6 is 15.9 Å². The van der Waals surface area contributed by atoms with E-state index in [4.69, 9.17) is 0 Å². The Balaban J connectivity index is 2.62. The van der Waals surface area contributed by atoms with E-state index in [1.165, 1.54) is 6.42 Å². The number of aliphatic hydroxyl groups is 1. The molecule has 16 heavy (non-hydrogen) atoms. The summed E-state index contributed by atoms with van der Waals surface area (Å²) in [6.07, 6.45) is 3.06. The first-order valence-corrected chi connectivity index (χ1v) is 6.69. The second-order valence-electron chi connectivity index (χ2n) is 5.07. The molecular formula is C14H21BrO. The Morgan fingerprint density at radius 3 is 2.62 bits per heavy atom. The van der Waals surface area contributed by atoms with Crippen molar-refractivity contribution in [1.29, 1.82) is 0 Å². The van der Waals surface area contributed by atoms with Gasteiger partial charge in [0.15, 0.2) is 0 Å². The number of hydrogen-bond donors (Lipinski definition) is 1. The van der Waals surface area contributed by atoms with E-state index in [0.29, 0.717) is 5.92 Å². The SMILES string of the molecule is CC(C)CCCC(C)(O)c1cccc(Br)c1. The van der Waals surface area contributed by atoms with Gasteiger partial charge >= 0.3 is 0 Å². The molecule has 0 saturated carbocycles. The summed E-state index contributed by atoms with van der Waals surface area (Å²) in [5.74, 6) is 0.707. The van der Waals surface area contributed by atoms with Crippen molar-refractivity contribution in [2.75, 3.05) is 0 Å². The van der Waals surface area contributed by atoms with Crippen LogP contribution in [-0.2, 0) is 5.60 Å². The molecule has 0 saturated heterocycles. The van der Waals surface area contributed by atoms with Gasteiger partial charge in [-0.25, -0.2) is 0 Å². The van der Waals surface area contributed by atoms with Crippen molar-refractivity contribution in [2.24, 2.45) is 5.92 Å². The van der Waals surface area contributed by atoms with Gasteiger partial charge in [0.05, 0.1) is 5.60 Å². The molecule has 0 bridgehead atoms. The maximum absolute atomic E-state index is 10.4. The first-order chi connectivity index (χ1) is 7.42. The van der Waals surface area contributed by atoms with Crippen LogP contribution in [0.2, 0.25) is 0 Å². The molecule has 0 aromatic heterocycles. The van der Waals surface area contributed by atoms with Gasteiger partial charge < -0.3 is 5.11 Å². The fourth-order valence-corrected chi connectivity index (χ4v) is 2.22. The van der Waals surface area contributed by atoms with Crippen molar-refractivity contribution >= 4 is 15.9 Å². The Morgan fingerprint density at radius 1 is 1.38 bits per heavy atom. The molecule has 1 nitrogen and oxygen atoms in total. The molecule has 0 heterocycles. The van der Waals surface area contributed by atoms with E-state index in [2.05, 4.69) is 29.8 Å². The van der Waals surface area contributed by atoms with Gasteiger partial charge in [-0.05, 0) is 43.4 Å². The van der Waals surface area contributed by atoms with E-state index in [1.807, 2.05) is 31.2 Å². The predicted octanol–water partition coefficient (Wildman–Crippen LogP) is 4.48. The monoisotopic (exact) mass is 284 g/mol. The van der Waals surface area contributed by atoms with Crippen molar-refractivity contribution < 1.29 is 5.11 Å². The molecule has 1 aromatic carbocycles. The van der Waals surface area contributed by atoms with Crippen LogP contribution in [0.4, 0.5) is 0 Å². The molecule has 0 fully saturated rings. The minimum Gasteiger partial charge on any atom is -0.385 e. The van der Waals surface area contributed by atoms with Crippen LogP contribution in [0.25, 0.3) is 0 Å². The van der Waals surface area contributed by atoms with Gasteiger partial charge in [-0.3, -0.25) is 0 Å². The zero-order valence-corrected chi connectivity index (χ0v) is 11.9. The fraction of sp³-hybridized carbons (Fsp3) is 0.571. The average molecular weight is 285 g/mol. The Kier molecular flexibility index (Phi) is 5.00. The lowest BCUT2D eigenvalue weighted by molar-refractivity contribution is 0.0440. The Bertz CT molecular complexity index is 331. The van der Waals surface area contributed by atoms with Crippen LogP contribution in [0.3, 0.4) is 0 Å². The number of halogens is 1. The van der Waals surface area contributed by atoms with Crippen LogP contribution in [0.5, 0.6) is 0 Å². The van der Waals surface area contributed by atoms with E-state index in [1.54, 1.807) is 0 Å². The molecule has 2 heteroatoms. The second kappa shape index (κ2) is 5.83. The van der Waals surface area contributed by atoms with Crippen molar-refractivity contribution in [3.8, 4) is 0 Å². The van der Waals surface area contributed by atoms with E-state index < -0.39 is 5.60 Å². The normalized spacial score (nSPS) is 15.1. The molecule has 1 rings (SSSR count). The Labute approximate surface area is 107 Å². The topological polar surface area (TPSA) is 20.2 Å². The van der Waals surface area contributed by atoms with E-state index >= 15 is 0 Å². The quantitative estimate of drug-likeness (QED) is 0.845. The summed E-state index contributed by atoms with van der Waals surface area (Å²) in [5, 5.41) is 10.4. The lowest BCUT2D eigenvalue weighted by atomic mass is 9.89. The third-order valence-electron chi connectivity index (χ3n) is 2.89. The van der Waals surface area contributed by atoms with Gasteiger partial charge in [0, 0.05) is 4.47 Å². The van der Waals surface area contributed by atoms with Gasteiger partial charge in [0.2, 0.25) is 0 Å². The second-order valence-corrected chi connectivity index (χ2v) is 5.99. The minimum absolute atomic E-state index is 0.707. The Hall–Kier alpha value is -0.340. The zero-order valence-electron chi connectivity index (χ0n) is 10.3. The molecule has 0 spiro atoms. The van der Waals surface area contributed by atoms with Crippen LogP contribution in [0.15, 0.2) is 28.7 Å². The molecule has 1 unspecified atom stereocenters. The fourth-order valence-electron chi connectivity index (χ4n) is 1.82. The number of benzene rings is 1. The minimum atomic E-state index is -0.710.